The van der Waals surface area contributed by atoms with Crippen LogP contribution in [0, 0.1) is 6.92 Å². The summed E-state index contributed by atoms with van der Waals surface area (Å²) < 4.78 is 5.62. The molecule has 1 saturated heterocycles. The zero-order chi connectivity index (χ0) is 14.7. The first-order valence-corrected chi connectivity index (χ1v) is 6.96. The number of carboxylic acids is 1. The van der Waals surface area contributed by atoms with Crippen LogP contribution in [0.3, 0.4) is 0 Å². The van der Waals surface area contributed by atoms with Crippen LogP contribution in [0.4, 0.5) is 5.95 Å². The van der Waals surface area contributed by atoms with Gasteiger partial charge in [0, 0.05) is 24.3 Å². The molecule has 2 rings (SSSR count). The average Bonchev–Trinajstić information content (AvgIpc) is 2.74. The second kappa shape index (κ2) is 6.07. The van der Waals surface area contributed by atoms with Crippen molar-refractivity contribution in [1.82, 2.24) is 9.97 Å². The Labute approximate surface area is 118 Å². The van der Waals surface area contributed by atoms with Gasteiger partial charge in [0.2, 0.25) is 11.8 Å². The summed E-state index contributed by atoms with van der Waals surface area (Å²) in [5.41, 5.74) is 0.826. The lowest BCUT2D eigenvalue weighted by atomic mass is 10.1. The van der Waals surface area contributed by atoms with Crippen LogP contribution in [-0.4, -0.2) is 39.7 Å². The number of hydrogen-bond acceptors (Lipinski definition) is 5. The smallest absolute Gasteiger partial charge is 0.305 e. The topological polar surface area (TPSA) is 75.5 Å². The molecule has 0 aliphatic carbocycles. The lowest BCUT2D eigenvalue weighted by Gasteiger charge is -2.24. The van der Waals surface area contributed by atoms with Gasteiger partial charge in [-0.3, -0.25) is 4.79 Å². The molecule has 1 unspecified atom stereocenters. The van der Waals surface area contributed by atoms with Crippen LogP contribution >= 0.6 is 0 Å². The van der Waals surface area contributed by atoms with E-state index in [-0.39, 0.29) is 18.6 Å². The minimum atomic E-state index is -0.784. The Morgan fingerprint density at radius 2 is 2.30 bits per heavy atom. The molecule has 1 atom stereocenters. The van der Waals surface area contributed by atoms with Crippen LogP contribution in [-0.2, 0) is 4.79 Å². The second-order valence-corrected chi connectivity index (χ2v) is 5.40. The molecular formula is C14H21N3O3. The van der Waals surface area contributed by atoms with Crippen molar-refractivity contribution in [2.75, 3.05) is 11.4 Å². The molecule has 0 saturated carbocycles. The van der Waals surface area contributed by atoms with E-state index in [4.69, 9.17) is 9.84 Å². The van der Waals surface area contributed by atoms with Crippen molar-refractivity contribution in [2.24, 2.45) is 0 Å². The number of nitrogens with zero attached hydrogens (tertiary/aromatic N) is 3. The third-order valence-electron chi connectivity index (χ3n) is 3.22. The van der Waals surface area contributed by atoms with Crippen molar-refractivity contribution in [2.45, 2.75) is 52.2 Å². The van der Waals surface area contributed by atoms with Crippen molar-refractivity contribution in [3.63, 3.8) is 0 Å². The van der Waals surface area contributed by atoms with Gasteiger partial charge in [-0.15, -0.1) is 0 Å². The summed E-state index contributed by atoms with van der Waals surface area (Å²) in [4.78, 5) is 21.7. The average molecular weight is 279 g/mol. The van der Waals surface area contributed by atoms with E-state index in [1.807, 2.05) is 25.7 Å². The molecule has 1 N–H and O–H groups in total. The van der Waals surface area contributed by atoms with Gasteiger partial charge >= 0.3 is 5.97 Å². The highest BCUT2D eigenvalue weighted by Crippen LogP contribution is 2.26. The van der Waals surface area contributed by atoms with Gasteiger partial charge in [0.05, 0.1) is 12.5 Å². The molecule has 1 aliphatic heterocycles. The second-order valence-electron chi connectivity index (χ2n) is 5.40. The molecule has 0 spiro atoms. The van der Waals surface area contributed by atoms with Crippen molar-refractivity contribution >= 4 is 11.9 Å². The fraction of sp³-hybridized carbons (Fsp3) is 0.643. The standard InChI is InChI=1S/C14H21N3O3/c1-9(2)20-12-7-10(3)15-14(16-12)17-6-4-5-11(17)8-13(18)19/h7,9,11H,4-6,8H2,1-3H3,(H,18,19). The molecule has 1 fully saturated rings. The Kier molecular flexibility index (Phi) is 4.42. The molecule has 20 heavy (non-hydrogen) atoms. The first kappa shape index (κ1) is 14.6. The predicted molar refractivity (Wildman–Crippen MR) is 75.2 cm³/mol. The normalized spacial score (nSPS) is 18.6. The quantitative estimate of drug-likeness (QED) is 0.888. The SMILES string of the molecule is Cc1cc(OC(C)C)nc(N2CCCC2CC(=O)O)n1. The molecule has 1 aromatic heterocycles. The highest BCUT2D eigenvalue weighted by atomic mass is 16.5. The van der Waals surface area contributed by atoms with Gasteiger partial charge in [0.25, 0.3) is 0 Å². The maximum Gasteiger partial charge on any atom is 0.305 e. The highest BCUT2D eigenvalue weighted by Gasteiger charge is 2.29. The summed E-state index contributed by atoms with van der Waals surface area (Å²) in [6.07, 6.45) is 2.00. The summed E-state index contributed by atoms with van der Waals surface area (Å²) in [5, 5.41) is 8.97. The molecule has 6 heteroatoms. The van der Waals surface area contributed by atoms with E-state index in [0.717, 1.165) is 25.1 Å². The van der Waals surface area contributed by atoms with E-state index in [1.165, 1.54) is 0 Å². The van der Waals surface area contributed by atoms with Gasteiger partial charge in [-0.2, -0.15) is 4.98 Å². The van der Waals surface area contributed by atoms with Crippen molar-refractivity contribution < 1.29 is 14.6 Å². The number of aryl methyl sites for hydroxylation is 1. The Morgan fingerprint density at radius 3 is 2.95 bits per heavy atom. The molecule has 0 aromatic carbocycles. The number of carboxylic acid groups (broad SMARTS) is 1. The fourth-order valence-electron chi connectivity index (χ4n) is 2.47. The molecule has 0 radical (unpaired) electrons. The predicted octanol–water partition coefficient (Wildman–Crippen LogP) is 2.02. The van der Waals surface area contributed by atoms with Crippen LogP contribution in [0.5, 0.6) is 5.88 Å². The lowest BCUT2D eigenvalue weighted by Crippen LogP contribution is -2.32. The maximum atomic E-state index is 10.9. The highest BCUT2D eigenvalue weighted by molar-refractivity contribution is 5.68. The zero-order valence-corrected chi connectivity index (χ0v) is 12.2. The fourth-order valence-corrected chi connectivity index (χ4v) is 2.47. The molecule has 2 heterocycles. The minimum absolute atomic E-state index is 0.0267. The summed E-state index contributed by atoms with van der Waals surface area (Å²) in [6, 6.07) is 1.77. The zero-order valence-electron chi connectivity index (χ0n) is 12.2. The Balaban J connectivity index is 2.22. The van der Waals surface area contributed by atoms with Crippen molar-refractivity contribution in [3.05, 3.63) is 11.8 Å². The molecular weight excluding hydrogens is 258 g/mol. The van der Waals surface area contributed by atoms with Gasteiger partial charge in [-0.05, 0) is 33.6 Å². The Hall–Kier alpha value is -1.85. The van der Waals surface area contributed by atoms with Crippen LogP contribution in [0.25, 0.3) is 0 Å². The third kappa shape index (κ3) is 3.59. The van der Waals surface area contributed by atoms with Crippen molar-refractivity contribution in [3.8, 4) is 5.88 Å². The molecule has 110 valence electrons. The number of anilines is 1. The van der Waals surface area contributed by atoms with Crippen LogP contribution in [0.1, 0.15) is 38.8 Å². The van der Waals surface area contributed by atoms with Gasteiger partial charge in [0.15, 0.2) is 0 Å². The monoisotopic (exact) mass is 279 g/mol. The number of rotatable bonds is 5. The summed E-state index contributed by atoms with van der Waals surface area (Å²) >= 11 is 0. The largest absolute Gasteiger partial charge is 0.481 e. The molecule has 1 aromatic rings. The molecule has 1 aliphatic rings. The van der Waals surface area contributed by atoms with E-state index in [9.17, 15) is 4.79 Å². The number of carbonyl (C=O) groups is 1. The maximum absolute atomic E-state index is 10.9. The van der Waals surface area contributed by atoms with Gasteiger partial charge in [-0.25, -0.2) is 4.98 Å². The summed E-state index contributed by atoms with van der Waals surface area (Å²) in [6.45, 7) is 6.57. The summed E-state index contributed by atoms with van der Waals surface area (Å²) in [7, 11) is 0. The van der Waals surface area contributed by atoms with Gasteiger partial charge < -0.3 is 14.7 Å². The minimum Gasteiger partial charge on any atom is -0.481 e. The third-order valence-corrected chi connectivity index (χ3v) is 3.22. The number of ether oxygens (including phenoxy) is 1. The van der Waals surface area contributed by atoms with Crippen LogP contribution in [0.15, 0.2) is 6.07 Å². The van der Waals surface area contributed by atoms with Gasteiger partial charge in [-0.1, -0.05) is 0 Å². The van der Waals surface area contributed by atoms with Crippen LogP contribution < -0.4 is 9.64 Å². The van der Waals surface area contributed by atoms with E-state index < -0.39 is 5.97 Å². The van der Waals surface area contributed by atoms with E-state index in [0.29, 0.717) is 11.8 Å². The molecule has 0 amide bonds. The number of hydrogen-bond donors (Lipinski definition) is 1. The lowest BCUT2D eigenvalue weighted by molar-refractivity contribution is -0.137. The first-order valence-electron chi connectivity index (χ1n) is 6.96. The first-order chi connectivity index (χ1) is 9.45. The van der Waals surface area contributed by atoms with E-state index in [1.54, 1.807) is 6.07 Å². The molecule has 0 bridgehead atoms. The molecule has 6 nitrogen and oxygen atoms in total. The van der Waals surface area contributed by atoms with Crippen LogP contribution in [0.2, 0.25) is 0 Å². The van der Waals surface area contributed by atoms with E-state index >= 15 is 0 Å². The van der Waals surface area contributed by atoms with E-state index in [2.05, 4.69) is 9.97 Å². The Bertz CT molecular complexity index is 491. The Morgan fingerprint density at radius 1 is 1.55 bits per heavy atom. The summed E-state index contributed by atoms with van der Waals surface area (Å²) in [5.74, 6) is 0.334. The number of aliphatic carboxylic acids is 1. The number of aromatic nitrogens is 2. The van der Waals surface area contributed by atoms with Gasteiger partial charge in [0.1, 0.15) is 0 Å². The van der Waals surface area contributed by atoms with Crippen molar-refractivity contribution in [1.29, 1.82) is 0 Å².